The molecule has 176 valence electrons. The molecule has 3 aromatic rings. The number of carbonyl (C=O) groups excluding carboxylic acids is 3. The summed E-state index contributed by atoms with van der Waals surface area (Å²) < 4.78 is 28.6. The topological polar surface area (TPSA) is 127 Å². The molecule has 1 aliphatic rings. The van der Waals surface area contributed by atoms with Crippen LogP contribution in [0.3, 0.4) is 0 Å². The van der Waals surface area contributed by atoms with Crippen LogP contribution in [0.15, 0.2) is 77.0 Å². The number of anilines is 1. The van der Waals surface area contributed by atoms with E-state index in [2.05, 4.69) is 0 Å². The second-order valence-electron chi connectivity index (χ2n) is 7.53. The Balaban J connectivity index is 1.56. The summed E-state index contributed by atoms with van der Waals surface area (Å²) in [6.07, 6.45) is -0.196. The minimum Gasteiger partial charge on any atom is -0.484 e. The summed E-state index contributed by atoms with van der Waals surface area (Å²) >= 11 is 1.43. The number of nitrogens with zero attached hydrogens (tertiary/aromatic N) is 2. The Morgan fingerprint density at radius 3 is 2.38 bits per heavy atom. The number of nitrogens with two attached hydrogens (primary N) is 1. The molecule has 0 radical (unpaired) electrons. The summed E-state index contributed by atoms with van der Waals surface area (Å²) in [4.78, 5) is 42.2. The number of hydrogen-bond acceptors (Lipinski definition) is 7. The van der Waals surface area contributed by atoms with Crippen molar-refractivity contribution in [1.29, 1.82) is 0 Å². The van der Waals surface area contributed by atoms with Crippen molar-refractivity contribution in [1.82, 2.24) is 4.90 Å². The van der Waals surface area contributed by atoms with Crippen LogP contribution in [0.5, 0.6) is 5.75 Å². The number of ether oxygens (including phenoxy) is 1. The van der Waals surface area contributed by atoms with Crippen molar-refractivity contribution in [2.24, 2.45) is 5.14 Å². The Morgan fingerprint density at radius 1 is 1.06 bits per heavy atom. The number of primary sulfonamides is 1. The van der Waals surface area contributed by atoms with E-state index in [1.165, 1.54) is 40.5 Å². The van der Waals surface area contributed by atoms with Gasteiger partial charge in [-0.25, -0.2) is 18.5 Å². The minimum atomic E-state index is -3.92. The summed E-state index contributed by atoms with van der Waals surface area (Å²) in [5.74, 6) is -0.989. The molecule has 1 atom stereocenters. The third kappa shape index (κ3) is 5.16. The quantitative estimate of drug-likeness (QED) is 0.473. The Morgan fingerprint density at radius 2 is 1.76 bits per heavy atom. The first-order valence-electron chi connectivity index (χ1n) is 10.2. The van der Waals surface area contributed by atoms with E-state index in [9.17, 15) is 22.8 Å². The van der Waals surface area contributed by atoms with Crippen LogP contribution in [0.25, 0.3) is 0 Å². The van der Waals surface area contributed by atoms with Gasteiger partial charge in [-0.1, -0.05) is 24.3 Å². The fraction of sp³-hybridized carbons (Fsp3) is 0.174. The summed E-state index contributed by atoms with van der Waals surface area (Å²) in [5.41, 5.74) is 0.203. The number of hydrogen-bond donors (Lipinski definition) is 1. The maximum absolute atomic E-state index is 13.3. The zero-order chi connectivity index (χ0) is 24.3. The largest absolute Gasteiger partial charge is 0.484 e. The lowest BCUT2D eigenvalue weighted by Gasteiger charge is -2.27. The standard InChI is InChI=1S/C23H21N3O6S2/c24-34(30,31)19-10-8-16(9-11-19)26-21(27)13-20(23(26)29)25(14-18-7-4-12-33-18)22(28)15-32-17-5-2-1-3-6-17/h1-12,20H,13-15H2,(H2,24,30,31). The molecule has 2 heterocycles. The van der Waals surface area contributed by atoms with E-state index >= 15 is 0 Å². The van der Waals surface area contributed by atoms with Gasteiger partial charge in [-0.2, -0.15) is 0 Å². The predicted octanol–water partition coefficient (Wildman–Crippen LogP) is 2.14. The average molecular weight is 500 g/mol. The average Bonchev–Trinajstić information content (AvgIpc) is 3.43. The van der Waals surface area contributed by atoms with Crippen LogP contribution in [0, 0.1) is 0 Å². The Kier molecular flexibility index (Phi) is 6.77. The van der Waals surface area contributed by atoms with Crippen LogP contribution in [-0.4, -0.2) is 43.7 Å². The Bertz CT molecular complexity index is 1290. The molecule has 9 nitrogen and oxygen atoms in total. The van der Waals surface area contributed by atoms with E-state index in [0.29, 0.717) is 5.75 Å². The zero-order valence-corrected chi connectivity index (χ0v) is 19.5. The molecule has 0 aliphatic carbocycles. The maximum Gasteiger partial charge on any atom is 0.261 e. The first-order valence-corrected chi connectivity index (χ1v) is 12.7. The molecular formula is C23H21N3O6S2. The number of imide groups is 1. The van der Waals surface area contributed by atoms with Crippen LogP contribution in [0.4, 0.5) is 5.69 Å². The number of amides is 3. The van der Waals surface area contributed by atoms with Crippen molar-refractivity contribution in [3.63, 3.8) is 0 Å². The highest BCUT2D eigenvalue weighted by Crippen LogP contribution is 2.28. The zero-order valence-electron chi connectivity index (χ0n) is 17.9. The van der Waals surface area contributed by atoms with Crippen LogP contribution >= 0.6 is 11.3 Å². The molecule has 2 N–H and O–H groups in total. The van der Waals surface area contributed by atoms with Gasteiger partial charge in [0.1, 0.15) is 11.8 Å². The SMILES string of the molecule is NS(=O)(=O)c1ccc(N2C(=O)CC(N(Cc3cccs3)C(=O)COc3ccccc3)C2=O)cc1. The molecule has 3 amide bonds. The van der Waals surface area contributed by atoms with Crippen molar-refractivity contribution in [3.05, 3.63) is 77.0 Å². The van der Waals surface area contributed by atoms with Gasteiger partial charge in [-0.3, -0.25) is 14.4 Å². The first kappa shape index (κ1) is 23.6. The monoisotopic (exact) mass is 499 g/mol. The van der Waals surface area contributed by atoms with Crippen molar-refractivity contribution in [3.8, 4) is 5.75 Å². The van der Waals surface area contributed by atoms with Gasteiger partial charge in [-0.05, 0) is 47.8 Å². The lowest BCUT2D eigenvalue weighted by molar-refractivity contribution is -0.140. The van der Waals surface area contributed by atoms with Crippen LogP contribution in [-0.2, 0) is 31.0 Å². The molecule has 2 aromatic carbocycles. The lowest BCUT2D eigenvalue weighted by atomic mass is 10.2. The number of rotatable bonds is 8. The normalized spacial score (nSPS) is 16.0. The molecule has 1 saturated heterocycles. The second kappa shape index (κ2) is 9.75. The van der Waals surface area contributed by atoms with Gasteiger partial charge < -0.3 is 9.64 Å². The highest BCUT2D eigenvalue weighted by atomic mass is 32.2. The molecule has 4 rings (SSSR count). The molecular weight excluding hydrogens is 478 g/mol. The molecule has 11 heteroatoms. The number of para-hydroxylation sites is 1. The van der Waals surface area contributed by atoms with Gasteiger partial charge in [0.25, 0.3) is 11.8 Å². The van der Waals surface area contributed by atoms with Gasteiger partial charge in [0.2, 0.25) is 15.9 Å². The van der Waals surface area contributed by atoms with Gasteiger partial charge in [0, 0.05) is 4.88 Å². The summed E-state index contributed by atoms with van der Waals surface area (Å²) in [6, 6.07) is 16.6. The molecule has 1 fully saturated rings. The number of thiophene rings is 1. The molecule has 0 spiro atoms. The van der Waals surface area contributed by atoms with Gasteiger partial charge >= 0.3 is 0 Å². The Labute approximate surface area is 200 Å². The van der Waals surface area contributed by atoms with E-state index < -0.39 is 33.8 Å². The highest BCUT2D eigenvalue weighted by molar-refractivity contribution is 7.89. The number of carbonyl (C=O) groups is 3. The molecule has 1 aliphatic heterocycles. The summed E-state index contributed by atoms with van der Waals surface area (Å²) in [7, 11) is -3.92. The van der Waals surface area contributed by atoms with E-state index in [4.69, 9.17) is 9.88 Å². The van der Waals surface area contributed by atoms with Gasteiger partial charge in [0.05, 0.1) is 23.5 Å². The summed E-state index contributed by atoms with van der Waals surface area (Å²) in [5, 5.41) is 6.98. The molecule has 1 aromatic heterocycles. The van der Waals surface area contributed by atoms with Crippen molar-refractivity contribution in [2.75, 3.05) is 11.5 Å². The van der Waals surface area contributed by atoms with Crippen molar-refractivity contribution < 1.29 is 27.5 Å². The third-order valence-electron chi connectivity index (χ3n) is 5.25. The Hall–Kier alpha value is -3.54. The number of benzene rings is 2. The van der Waals surface area contributed by atoms with Crippen LogP contribution in [0.2, 0.25) is 0 Å². The molecule has 0 bridgehead atoms. The third-order valence-corrected chi connectivity index (χ3v) is 7.05. The highest BCUT2D eigenvalue weighted by Gasteiger charge is 2.44. The lowest BCUT2D eigenvalue weighted by Crippen LogP contribution is -2.46. The second-order valence-corrected chi connectivity index (χ2v) is 10.1. The maximum atomic E-state index is 13.3. The van der Waals surface area contributed by atoms with Crippen molar-refractivity contribution in [2.45, 2.75) is 23.9 Å². The fourth-order valence-corrected chi connectivity index (χ4v) is 4.82. The molecule has 34 heavy (non-hydrogen) atoms. The van der Waals surface area contributed by atoms with Crippen LogP contribution < -0.4 is 14.8 Å². The molecule has 1 unspecified atom stereocenters. The predicted molar refractivity (Wildman–Crippen MR) is 126 cm³/mol. The van der Waals surface area contributed by atoms with Gasteiger partial charge in [0.15, 0.2) is 6.61 Å². The summed E-state index contributed by atoms with van der Waals surface area (Å²) in [6.45, 7) is -0.146. The number of sulfonamides is 1. The van der Waals surface area contributed by atoms with E-state index in [-0.39, 0.29) is 30.2 Å². The van der Waals surface area contributed by atoms with E-state index in [0.717, 1.165) is 9.78 Å². The van der Waals surface area contributed by atoms with Crippen LogP contribution in [0.1, 0.15) is 11.3 Å². The van der Waals surface area contributed by atoms with E-state index in [1.54, 1.807) is 24.3 Å². The van der Waals surface area contributed by atoms with E-state index in [1.807, 2.05) is 23.6 Å². The smallest absolute Gasteiger partial charge is 0.261 e. The van der Waals surface area contributed by atoms with Gasteiger partial charge in [-0.15, -0.1) is 11.3 Å². The fourth-order valence-electron chi connectivity index (χ4n) is 3.60. The first-order chi connectivity index (χ1) is 16.2. The van der Waals surface area contributed by atoms with Crippen molar-refractivity contribution >= 4 is 44.8 Å². The molecule has 0 saturated carbocycles. The minimum absolute atomic E-state index is 0.139.